The van der Waals surface area contributed by atoms with Crippen molar-refractivity contribution in [3.8, 4) is 0 Å². The topological polar surface area (TPSA) is 29.1 Å². The summed E-state index contributed by atoms with van der Waals surface area (Å²) in [5.74, 6) is 0.0345. The van der Waals surface area contributed by atoms with Gasteiger partial charge in [0.2, 0.25) is 0 Å². The summed E-state index contributed by atoms with van der Waals surface area (Å²) in [5.41, 5.74) is 2.81. The standard InChI is InChI=1S/C13H15NO/c1-2-3-4-8-11-10-7-5-6-9-12(10)14-13(11)15/h5-9H,2-4H2,1H3,(H,14,15). The van der Waals surface area contributed by atoms with Gasteiger partial charge in [-0.2, -0.15) is 0 Å². The SMILES string of the molecule is CCCCC=C1C(=O)Nc2ccccc21. The molecule has 15 heavy (non-hydrogen) atoms. The summed E-state index contributed by atoms with van der Waals surface area (Å²) >= 11 is 0. The Kier molecular flexibility index (Phi) is 2.86. The van der Waals surface area contributed by atoms with Gasteiger partial charge in [-0.05, 0) is 12.5 Å². The van der Waals surface area contributed by atoms with Gasteiger partial charge in [-0.15, -0.1) is 0 Å². The van der Waals surface area contributed by atoms with E-state index in [1.54, 1.807) is 0 Å². The minimum Gasteiger partial charge on any atom is -0.321 e. The number of allylic oxidation sites excluding steroid dienone is 1. The smallest absolute Gasteiger partial charge is 0.256 e. The van der Waals surface area contributed by atoms with E-state index < -0.39 is 0 Å². The number of carbonyl (C=O) groups is 1. The lowest BCUT2D eigenvalue weighted by Gasteiger charge is -1.96. The van der Waals surface area contributed by atoms with Crippen LogP contribution in [0.4, 0.5) is 5.69 Å². The number of rotatable bonds is 3. The van der Waals surface area contributed by atoms with Crippen LogP contribution >= 0.6 is 0 Å². The molecule has 2 rings (SSSR count). The van der Waals surface area contributed by atoms with E-state index in [2.05, 4.69) is 12.2 Å². The number of nitrogens with one attached hydrogen (secondary N) is 1. The Morgan fingerprint density at radius 2 is 2.13 bits per heavy atom. The van der Waals surface area contributed by atoms with Crippen molar-refractivity contribution >= 4 is 17.2 Å². The Bertz CT molecular complexity index is 407. The number of benzene rings is 1. The minimum absolute atomic E-state index is 0.0345. The summed E-state index contributed by atoms with van der Waals surface area (Å²) in [5, 5.41) is 2.87. The fourth-order valence-corrected chi connectivity index (χ4v) is 1.79. The summed E-state index contributed by atoms with van der Waals surface area (Å²) in [6.45, 7) is 2.15. The van der Waals surface area contributed by atoms with Crippen LogP contribution < -0.4 is 5.32 Å². The second-order valence-electron chi connectivity index (χ2n) is 3.76. The van der Waals surface area contributed by atoms with E-state index in [9.17, 15) is 4.79 Å². The lowest BCUT2D eigenvalue weighted by atomic mass is 10.1. The maximum Gasteiger partial charge on any atom is 0.256 e. The number of amides is 1. The van der Waals surface area contributed by atoms with Gasteiger partial charge in [0.05, 0.1) is 0 Å². The third kappa shape index (κ3) is 1.94. The molecule has 0 aromatic heterocycles. The summed E-state index contributed by atoms with van der Waals surface area (Å²) < 4.78 is 0. The molecule has 0 spiro atoms. The fourth-order valence-electron chi connectivity index (χ4n) is 1.79. The van der Waals surface area contributed by atoms with Crippen molar-refractivity contribution in [2.75, 3.05) is 5.32 Å². The Balaban J connectivity index is 2.26. The molecule has 0 aliphatic carbocycles. The van der Waals surface area contributed by atoms with Crippen molar-refractivity contribution in [1.82, 2.24) is 0 Å². The van der Waals surface area contributed by atoms with Crippen molar-refractivity contribution in [2.24, 2.45) is 0 Å². The predicted molar refractivity (Wildman–Crippen MR) is 62.6 cm³/mol. The molecule has 2 nitrogen and oxygen atoms in total. The number of para-hydroxylation sites is 1. The average molecular weight is 201 g/mol. The molecule has 1 aliphatic heterocycles. The van der Waals surface area contributed by atoms with Gasteiger partial charge in [0.15, 0.2) is 0 Å². The molecule has 2 heteroatoms. The Labute approximate surface area is 90.0 Å². The highest BCUT2D eigenvalue weighted by Crippen LogP contribution is 2.31. The van der Waals surface area contributed by atoms with E-state index in [1.807, 2.05) is 30.3 Å². The van der Waals surface area contributed by atoms with Gasteiger partial charge in [-0.1, -0.05) is 44.0 Å². The van der Waals surface area contributed by atoms with Crippen molar-refractivity contribution in [1.29, 1.82) is 0 Å². The Hall–Kier alpha value is -1.57. The van der Waals surface area contributed by atoms with E-state index in [4.69, 9.17) is 0 Å². The van der Waals surface area contributed by atoms with Crippen LogP contribution in [0.5, 0.6) is 0 Å². The maximum atomic E-state index is 11.6. The third-order valence-corrected chi connectivity index (χ3v) is 2.62. The first-order chi connectivity index (χ1) is 7.33. The second-order valence-corrected chi connectivity index (χ2v) is 3.76. The zero-order chi connectivity index (χ0) is 10.7. The Morgan fingerprint density at radius 3 is 2.93 bits per heavy atom. The molecule has 0 unspecified atom stereocenters. The van der Waals surface area contributed by atoms with E-state index in [0.29, 0.717) is 0 Å². The van der Waals surface area contributed by atoms with Crippen molar-refractivity contribution < 1.29 is 4.79 Å². The molecule has 0 radical (unpaired) electrons. The minimum atomic E-state index is 0.0345. The van der Waals surface area contributed by atoms with Crippen LogP contribution in [-0.4, -0.2) is 5.91 Å². The van der Waals surface area contributed by atoms with Crippen LogP contribution in [0.1, 0.15) is 31.7 Å². The monoisotopic (exact) mass is 201 g/mol. The van der Waals surface area contributed by atoms with Crippen molar-refractivity contribution in [3.05, 3.63) is 35.9 Å². The van der Waals surface area contributed by atoms with Gasteiger partial charge in [0.25, 0.3) is 5.91 Å². The number of hydrogen-bond donors (Lipinski definition) is 1. The molecular weight excluding hydrogens is 186 g/mol. The van der Waals surface area contributed by atoms with Crippen molar-refractivity contribution in [3.63, 3.8) is 0 Å². The fraction of sp³-hybridized carbons (Fsp3) is 0.308. The predicted octanol–water partition coefficient (Wildman–Crippen LogP) is 3.21. The van der Waals surface area contributed by atoms with Gasteiger partial charge < -0.3 is 5.32 Å². The molecule has 1 aliphatic rings. The zero-order valence-corrected chi connectivity index (χ0v) is 8.92. The van der Waals surface area contributed by atoms with Crippen LogP contribution in [0.2, 0.25) is 0 Å². The number of unbranched alkanes of at least 4 members (excludes halogenated alkanes) is 2. The van der Waals surface area contributed by atoms with Crippen LogP contribution in [-0.2, 0) is 4.79 Å². The van der Waals surface area contributed by atoms with Gasteiger partial charge >= 0.3 is 0 Å². The van der Waals surface area contributed by atoms with Crippen molar-refractivity contribution in [2.45, 2.75) is 26.2 Å². The first-order valence-electron chi connectivity index (χ1n) is 5.44. The van der Waals surface area contributed by atoms with Gasteiger partial charge in [-0.25, -0.2) is 0 Å². The maximum absolute atomic E-state index is 11.6. The molecule has 1 N–H and O–H groups in total. The first-order valence-corrected chi connectivity index (χ1v) is 5.44. The highest BCUT2D eigenvalue weighted by atomic mass is 16.1. The molecule has 1 amide bonds. The number of hydrogen-bond acceptors (Lipinski definition) is 1. The van der Waals surface area contributed by atoms with Crippen LogP contribution in [0.15, 0.2) is 30.3 Å². The number of anilines is 1. The van der Waals surface area contributed by atoms with E-state index >= 15 is 0 Å². The van der Waals surface area contributed by atoms with E-state index in [0.717, 1.165) is 36.1 Å². The van der Waals surface area contributed by atoms with Gasteiger partial charge in [0, 0.05) is 16.8 Å². The molecule has 0 saturated heterocycles. The second kappa shape index (κ2) is 4.30. The normalized spacial score (nSPS) is 16.6. The van der Waals surface area contributed by atoms with E-state index in [-0.39, 0.29) is 5.91 Å². The molecule has 1 heterocycles. The highest BCUT2D eigenvalue weighted by Gasteiger charge is 2.22. The largest absolute Gasteiger partial charge is 0.321 e. The quantitative estimate of drug-likeness (QED) is 0.590. The average Bonchev–Trinajstić information content (AvgIpc) is 2.56. The molecule has 78 valence electrons. The van der Waals surface area contributed by atoms with Gasteiger partial charge in [0.1, 0.15) is 0 Å². The summed E-state index contributed by atoms with van der Waals surface area (Å²) in [4.78, 5) is 11.6. The first kappa shape index (κ1) is 9.97. The summed E-state index contributed by atoms with van der Waals surface area (Å²) in [6.07, 6.45) is 5.32. The molecule has 0 saturated carbocycles. The lowest BCUT2D eigenvalue weighted by molar-refractivity contribution is -0.110. The van der Waals surface area contributed by atoms with Crippen LogP contribution in [0.3, 0.4) is 0 Å². The molecule has 1 aromatic rings. The molecule has 0 atom stereocenters. The van der Waals surface area contributed by atoms with Crippen LogP contribution in [0, 0.1) is 0 Å². The summed E-state index contributed by atoms with van der Waals surface area (Å²) in [6, 6.07) is 7.83. The van der Waals surface area contributed by atoms with Crippen LogP contribution in [0.25, 0.3) is 5.57 Å². The molecular formula is C13H15NO. The molecule has 1 aromatic carbocycles. The van der Waals surface area contributed by atoms with E-state index in [1.165, 1.54) is 0 Å². The number of carbonyl (C=O) groups excluding carboxylic acids is 1. The summed E-state index contributed by atoms with van der Waals surface area (Å²) in [7, 11) is 0. The Morgan fingerprint density at radius 1 is 1.33 bits per heavy atom. The third-order valence-electron chi connectivity index (χ3n) is 2.62. The van der Waals surface area contributed by atoms with Gasteiger partial charge in [-0.3, -0.25) is 4.79 Å². The zero-order valence-electron chi connectivity index (χ0n) is 8.92. The molecule has 0 bridgehead atoms. The lowest BCUT2D eigenvalue weighted by Crippen LogP contribution is -2.03. The highest BCUT2D eigenvalue weighted by molar-refractivity contribution is 6.31. The molecule has 0 fully saturated rings. The number of fused-ring (bicyclic) bond motifs is 1.